The van der Waals surface area contributed by atoms with Crippen LogP contribution >= 0.6 is 0 Å². The fraction of sp³-hybridized carbons (Fsp3) is 0.467. The van der Waals surface area contributed by atoms with Gasteiger partial charge in [-0.3, -0.25) is 4.79 Å². The molecule has 1 amide bonds. The highest BCUT2D eigenvalue weighted by Gasteiger charge is 1.98. The quantitative estimate of drug-likeness (QED) is 0.426. The van der Waals surface area contributed by atoms with Crippen LogP contribution in [0.15, 0.2) is 35.4 Å². The summed E-state index contributed by atoms with van der Waals surface area (Å²) in [6.45, 7) is 2.19. The lowest BCUT2D eigenvalue weighted by Gasteiger charge is -2.00. The maximum atomic E-state index is 11.4. The van der Waals surface area contributed by atoms with Gasteiger partial charge in [0, 0.05) is 6.42 Å². The first kappa shape index (κ1) is 14.4. The molecular weight excluding hydrogens is 224 g/mol. The highest BCUT2D eigenvalue weighted by molar-refractivity contribution is 5.82. The molecule has 3 heteroatoms. The van der Waals surface area contributed by atoms with E-state index >= 15 is 0 Å². The first-order valence-corrected chi connectivity index (χ1v) is 6.70. The second kappa shape index (κ2) is 9.40. The number of hydrogen-bond acceptors (Lipinski definition) is 2. The zero-order valence-electron chi connectivity index (χ0n) is 11.1. The van der Waals surface area contributed by atoms with Crippen LogP contribution in [0.3, 0.4) is 0 Å². The maximum Gasteiger partial charge on any atom is 0.240 e. The van der Waals surface area contributed by atoms with E-state index in [9.17, 15) is 4.79 Å². The fourth-order valence-corrected chi connectivity index (χ4v) is 1.66. The minimum atomic E-state index is -0.00122. The van der Waals surface area contributed by atoms with Crippen molar-refractivity contribution in [1.82, 2.24) is 5.43 Å². The molecule has 3 nitrogen and oxygen atoms in total. The van der Waals surface area contributed by atoms with Gasteiger partial charge in [-0.2, -0.15) is 5.10 Å². The van der Waals surface area contributed by atoms with Crippen molar-refractivity contribution in [2.24, 2.45) is 5.10 Å². The van der Waals surface area contributed by atoms with Gasteiger partial charge in [-0.25, -0.2) is 5.43 Å². The highest BCUT2D eigenvalue weighted by Crippen LogP contribution is 2.04. The smallest absolute Gasteiger partial charge is 0.240 e. The molecule has 0 spiro atoms. The van der Waals surface area contributed by atoms with Crippen LogP contribution in [-0.4, -0.2) is 12.1 Å². The highest BCUT2D eigenvalue weighted by atomic mass is 16.2. The Hall–Kier alpha value is -1.64. The number of carbonyl (C=O) groups is 1. The summed E-state index contributed by atoms with van der Waals surface area (Å²) in [6, 6.07) is 9.72. The Kier molecular flexibility index (Phi) is 7.53. The van der Waals surface area contributed by atoms with Crippen molar-refractivity contribution < 1.29 is 4.79 Å². The zero-order chi connectivity index (χ0) is 13.1. The number of hydrogen-bond donors (Lipinski definition) is 1. The van der Waals surface area contributed by atoms with Crippen molar-refractivity contribution in [3.05, 3.63) is 35.9 Å². The molecule has 0 heterocycles. The molecule has 0 aliphatic rings. The maximum absolute atomic E-state index is 11.4. The van der Waals surface area contributed by atoms with Crippen LogP contribution in [0, 0.1) is 0 Å². The normalized spacial score (nSPS) is 10.7. The minimum absolute atomic E-state index is 0.00122. The van der Waals surface area contributed by atoms with Crippen molar-refractivity contribution in [3.63, 3.8) is 0 Å². The van der Waals surface area contributed by atoms with Crippen LogP contribution in [0.4, 0.5) is 0 Å². The van der Waals surface area contributed by atoms with Crippen LogP contribution in [0.25, 0.3) is 0 Å². The summed E-state index contributed by atoms with van der Waals surface area (Å²) in [7, 11) is 0. The molecule has 1 N–H and O–H groups in total. The molecule has 0 aliphatic heterocycles. The Morgan fingerprint density at radius 3 is 2.61 bits per heavy atom. The molecule has 0 saturated carbocycles. The standard InChI is InChI=1S/C15H22N2O/c1-2-3-4-5-9-12-15(18)17-16-13-14-10-7-6-8-11-14/h6-8,10-11,13H,2-5,9,12H2,1H3,(H,17,18)/b16-13+. The average molecular weight is 246 g/mol. The second-order valence-electron chi connectivity index (χ2n) is 4.37. The van der Waals surface area contributed by atoms with Gasteiger partial charge in [0.05, 0.1) is 6.21 Å². The molecule has 0 unspecified atom stereocenters. The number of nitrogens with zero attached hydrogens (tertiary/aromatic N) is 1. The van der Waals surface area contributed by atoms with Crippen LogP contribution in [0.1, 0.15) is 51.0 Å². The summed E-state index contributed by atoms with van der Waals surface area (Å²) in [4.78, 5) is 11.4. The molecule has 0 fully saturated rings. The Morgan fingerprint density at radius 1 is 1.17 bits per heavy atom. The SMILES string of the molecule is CCCCCCCC(=O)N/N=C/c1ccccc1. The van der Waals surface area contributed by atoms with Crippen molar-refractivity contribution in [1.29, 1.82) is 0 Å². The van der Waals surface area contributed by atoms with Crippen LogP contribution in [0.2, 0.25) is 0 Å². The largest absolute Gasteiger partial charge is 0.273 e. The minimum Gasteiger partial charge on any atom is -0.273 e. The Morgan fingerprint density at radius 2 is 1.89 bits per heavy atom. The van der Waals surface area contributed by atoms with E-state index < -0.39 is 0 Å². The number of nitrogens with one attached hydrogen (secondary N) is 1. The molecule has 0 aromatic heterocycles. The van der Waals surface area contributed by atoms with Gasteiger partial charge in [0.15, 0.2) is 0 Å². The van der Waals surface area contributed by atoms with Crippen molar-refractivity contribution in [3.8, 4) is 0 Å². The van der Waals surface area contributed by atoms with E-state index in [0.29, 0.717) is 6.42 Å². The van der Waals surface area contributed by atoms with Gasteiger partial charge in [-0.05, 0) is 12.0 Å². The van der Waals surface area contributed by atoms with Crippen LogP contribution < -0.4 is 5.43 Å². The molecule has 0 atom stereocenters. The topological polar surface area (TPSA) is 41.5 Å². The first-order chi connectivity index (χ1) is 8.83. The van der Waals surface area contributed by atoms with E-state index in [4.69, 9.17) is 0 Å². The number of unbranched alkanes of at least 4 members (excludes halogenated alkanes) is 4. The summed E-state index contributed by atoms with van der Waals surface area (Å²) in [5.74, 6) is -0.00122. The molecule has 18 heavy (non-hydrogen) atoms. The lowest BCUT2D eigenvalue weighted by Crippen LogP contribution is -2.16. The number of rotatable bonds is 8. The lowest BCUT2D eigenvalue weighted by molar-refractivity contribution is -0.121. The van der Waals surface area contributed by atoms with E-state index in [1.807, 2.05) is 30.3 Å². The molecule has 1 rings (SSSR count). The van der Waals surface area contributed by atoms with Gasteiger partial charge < -0.3 is 0 Å². The van der Waals surface area contributed by atoms with Gasteiger partial charge in [0.2, 0.25) is 5.91 Å². The van der Waals surface area contributed by atoms with E-state index in [0.717, 1.165) is 18.4 Å². The fourth-order valence-electron chi connectivity index (χ4n) is 1.66. The Bertz CT molecular complexity index is 360. The Labute approximate surface area is 109 Å². The molecule has 1 aromatic rings. The molecule has 1 aromatic carbocycles. The van der Waals surface area contributed by atoms with Crippen molar-refractivity contribution >= 4 is 12.1 Å². The zero-order valence-corrected chi connectivity index (χ0v) is 11.1. The van der Waals surface area contributed by atoms with Gasteiger partial charge in [0.25, 0.3) is 0 Å². The van der Waals surface area contributed by atoms with Crippen LogP contribution in [-0.2, 0) is 4.79 Å². The molecular formula is C15H22N2O. The summed E-state index contributed by atoms with van der Waals surface area (Å²) in [6.07, 6.45) is 8.01. The number of benzene rings is 1. The van der Waals surface area contributed by atoms with E-state index in [2.05, 4.69) is 17.5 Å². The van der Waals surface area contributed by atoms with Crippen LogP contribution in [0.5, 0.6) is 0 Å². The monoisotopic (exact) mass is 246 g/mol. The third-order valence-electron chi connectivity index (χ3n) is 2.71. The first-order valence-electron chi connectivity index (χ1n) is 6.70. The third kappa shape index (κ3) is 6.84. The van der Waals surface area contributed by atoms with E-state index in [1.54, 1.807) is 6.21 Å². The number of amides is 1. The second-order valence-corrected chi connectivity index (χ2v) is 4.37. The van der Waals surface area contributed by atoms with Gasteiger partial charge >= 0.3 is 0 Å². The van der Waals surface area contributed by atoms with Gasteiger partial charge in [-0.1, -0.05) is 62.9 Å². The number of hydrazone groups is 1. The third-order valence-corrected chi connectivity index (χ3v) is 2.71. The van der Waals surface area contributed by atoms with E-state index in [1.165, 1.54) is 19.3 Å². The van der Waals surface area contributed by atoms with Crippen molar-refractivity contribution in [2.45, 2.75) is 45.4 Å². The van der Waals surface area contributed by atoms with Gasteiger partial charge in [0.1, 0.15) is 0 Å². The predicted molar refractivity (Wildman–Crippen MR) is 75.6 cm³/mol. The summed E-state index contributed by atoms with van der Waals surface area (Å²) in [5, 5.41) is 3.93. The number of carbonyl (C=O) groups excluding carboxylic acids is 1. The summed E-state index contributed by atoms with van der Waals surface area (Å²) >= 11 is 0. The summed E-state index contributed by atoms with van der Waals surface area (Å²) in [5.41, 5.74) is 3.54. The lowest BCUT2D eigenvalue weighted by atomic mass is 10.1. The van der Waals surface area contributed by atoms with Crippen molar-refractivity contribution in [2.75, 3.05) is 0 Å². The molecule has 0 saturated heterocycles. The molecule has 0 radical (unpaired) electrons. The Balaban J connectivity index is 2.11. The average Bonchev–Trinajstić information content (AvgIpc) is 2.40. The van der Waals surface area contributed by atoms with E-state index in [-0.39, 0.29) is 5.91 Å². The summed E-state index contributed by atoms with van der Waals surface area (Å²) < 4.78 is 0. The molecule has 98 valence electrons. The molecule has 0 bridgehead atoms. The van der Waals surface area contributed by atoms with Gasteiger partial charge in [-0.15, -0.1) is 0 Å². The predicted octanol–water partition coefficient (Wildman–Crippen LogP) is 3.50. The molecule has 0 aliphatic carbocycles.